The van der Waals surface area contributed by atoms with Gasteiger partial charge in [-0.2, -0.15) is 0 Å². The van der Waals surface area contributed by atoms with Gasteiger partial charge in [0.15, 0.2) is 0 Å². The zero-order chi connectivity index (χ0) is 22.6. The summed E-state index contributed by atoms with van der Waals surface area (Å²) >= 11 is 0. The number of hydrogen-bond acceptors (Lipinski definition) is 5. The first-order valence-electron chi connectivity index (χ1n) is 11.1. The van der Waals surface area contributed by atoms with E-state index in [0.717, 1.165) is 37.7 Å². The molecule has 1 amide bonds. The summed E-state index contributed by atoms with van der Waals surface area (Å²) in [7, 11) is -3.59. The maximum atomic E-state index is 13.0. The van der Waals surface area contributed by atoms with Crippen LogP contribution >= 0.6 is 0 Å². The molecule has 8 nitrogen and oxygen atoms in total. The Morgan fingerprint density at radius 1 is 1.32 bits per heavy atom. The number of rotatable bonds is 12. The number of aliphatic hydroxyl groups is 1. The second-order valence-corrected chi connectivity index (χ2v) is 10.6. The molecule has 1 aliphatic carbocycles. The number of benzene rings is 1. The quantitative estimate of drug-likeness (QED) is 0.280. The van der Waals surface area contributed by atoms with Crippen LogP contribution in [-0.2, 0) is 21.2 Å². The van der Waals surface area contributed by atoms with Gasteiger partial charge in [-0.3, -0.25) is 10.2 Å². The summed E-state index contributed by atoms with van der Waals surface area (Å²) in [5, 5.41) is 17.2. The number of amidine groups is 1. The number of nitrogen functional groups attached to an aromatic ring is 1. The summed E-state index contributed by atoms with van der Waals surface area (Å²) in [4.78, 5) is 14.8. The highest BCUT2D eigenvalue weighted by molar-refractivity contribution is 7.89. The smallest absolute Gasteiger partial charge is 0.243 e. The van der Waals surface area contributed by atoms with E-state index in [-0.39, 0.29) is 23.5 Å². The highest BCUT2D eigenvalue weighted by Gasteiger charge is 2.54. The standard InChI is InChI=1S/C22H34N4O4S/c1-2-3-11-31(29,30)25-19(14-27)22(28)26-13-17-12-18(17)20(26)6-4-5-15-7-9-16(10-8-15)21(23)24/h7-10,17-20,25,27H,2-6,11-14H2,1H3,(H3,23,24)/t17?,18?,19-,20?/m1/s1. The summed E-state index contributed by atoms with van der Waals surface area (Å²) < 4.78 is 26.8. The zero-order valence-corrected chi connectivity index (χ0v) is 18.9. The van der Waals surface area contributed by atoms with Crippen LogP contribution in [-0.4, -0.2) is 61.2 Å². The highest BCUT2D eigenvalue weighted by atomic mass is 32.2. The molecule has 31 heavy (non-hydrogen) atoms. The molecule has 5 N–H and O–H groups in total. The molecular weight excluding hydrogens is 416 g/mol. The molecule has 9 heteroatoms. The van der Waals surface area contributed by atoms with Crippen molar-refractivity contribution in [2.45, 2.75) is 57.5 Å². The number of sulfonamides is 1. The molecule has 1 heterocycles. The number of carbonyl (C=O) groups excluding carboxylic acids is 1. The first-order chi connectivity index (χ1) is 14.8. The number of amides is 1. The topological polar surface area (TPSA) is 137 Å². The average Bonchev–Trinajstić information content (AvgIpc) is 3.43. The zero-order valence-electron chi connectivity index (χ0n) is 18.1. The number of aryl methyl sites for hydroxylation is 1. The molecule has 4 atom stereocenters. The summed E-state index contributed by atoms with van der Waals surface area (Å²) in [6.45, 7) is 2.02. The van der Waals surface area contributed by atoms with Crippen LogP contribution in [0.15, 0.2) is 24.3 Å². The maximum Gasteiger partial charge on any atom is 0.243 e. The highest BCUT2D eigenvalue weighted by Crippen LogP contribution is 2.51. The molecule has 3 rings (SSSR count). The van der Waals surface area contributed by atoms with E-state index in [1.54, 1.807) is 4.90 Å². The number of unbranched alkanes of at least 4 members (excludes halogenated alkanes) is 1. The number of nitrogens with zero attached hydrogens (tertiary/aromatic N) is 1. The number of fused-ring (bicyclic) bond motifs is 1. The third kappa shape index (κ3) is 6.05. The molecule has 0 bridgehead atoms. The van der Waals surface area contributed by atoms with Crippen molar-refractivity contribution in [1.29, 1.82) is 5.41 Å². The van der Waals surface area contributed by atoms with Gasteiger partial charge in [0.25, 0.3) is 0 Å². The van der Waals surface area contributed by atoms with Gasteiger partial charge in [-0.25, -0.2) is 13.1 Å². The molecule has 1 aliphatic heterocycles. The SMILES string of the molecule is CCCCS(=O)(=O)N[C@H](CO)C(=O)N1CC2CC2C1CCCc1ccc(C(=N)N)cc1. The van der Waals surface area contributed by atoms with Gasteiger partial charge in [0.1, 0.15) is 11.9 Å². The van der Waals surface area contributed by atoms with Gasteiger partial charge in [-0.15, -0.1) is 0 Å². The Morgan fingerprint density at radius 3 is 2.65 bits per heavy atom. The number of likely N-dealkylation sites (tertiary alicyclic amines) is 1. The van der Waals surface area contributed by atoms with E-state index in [9.17, 15) is 18.3 Å². The van der Waals surface area contributed by atoms with Crippen molar-refractivity contribution in [2.75, 3.05) is 18.9 Å². The fourth-order valence-electron chi connectivity index (χ4n) is 4.54. The minimum atomic E-state index is -3.59. The van der Waals surface area contributed by atoms with Crippen molar-refractivity contribution >= 4 is 21.8 Å². The summed E-state index contributed by atoms with van der Waals surface area (Å²) in [5.74, 6) is 0.686. The van der Waals surface area contributed by atoms with E-state index in [0.29, 0.717) is 30.4 Å². The fraction of sp³-hybridized carbons (Fsp3) is 0.636. The number of piperidine rings is 1. The van der Waals surface area contributed by atoms with Gasteiger partial charge in [0, 0.05) is 18.2 Å². The van der Waals surface area contributed by atoms with Gasteiger partial charge in [-0.05, 0) is 49.5 Å². The number of aliphatic hydroxyl groups excluding tert-OH is 1. The lowest BCUT2D eigenvalue weighted by molar-refractivity contribution is -0.135. The summed E-state index contributed by atoms with van der Waals surface area (Å²) in [5.41, 5.74) is 7.35. The second-order valence-electron chi connectivity index (χ2n) is 8.75. The van der Waals surface area contributed by atoms with E-state index in [2.05, 4.69) is 4.72 Å². The summed E-state index contributed by atoms with van der Waals surface area (Å²) in [6.07, 6.45) is 5.00. The van der Waals surface area contributed by atoms with E-state index in [1.807, 2.05) is 31.2 Å². The van der Waals surface area contributed by atoms with Crippen molar-refractivity contribution in [1.82, 2.24) is 9.62 Å². The third-order valence-electron chi connectivity index (χ3n) is 6.39. The largest absolute Gasteiger partial charge is 0.394 e. The Hall–Kier alpha value is -1.97. The number of nitrogens with one attached hydrogen (secondary N) is 2. The first kappa shape index (κ1) is 23.7. The summed E-state index contributed by atoms with van der Waals surface area (Å²) in [6, 6.07) is 6.62. The Morgan fingerprint density at radius 2 is 2.03 bits per heavy atom. The molecule has 172 valence electrons. The van der Waals surface area contributed by atoms with Gasteiger partial charge < -0.3 is 15.7 Å². The fourth-order valence-corrected chi connectivity index (χ4v) is 5.93. The predicted octanol–water partition coefficient (Wildman–Crippen LogP) is 1.22. The second kappa shape index (κ2) is 10.1. The first-order valence-corrected chi connectivity index (χ1v) is 12.8. The van der Waals surface area contributed by atoms with E-state index in [1.165, 1.54) is 0 Å². The van der Waals surface area contributed by atoms with Crippen LogP contribution in [0.2, 0.25) is 0 Å². The van der Waals surface area contributed by atoms with Crippen LogP contribution in [0.5, 0.6) is 0 Å². The molecule has 1 aromatic rings. The van der Waals surface area contributed by atoms with Crippen molar-refractivity contribution in [3.05, 3.63) is 35.4 Å². The number of hydrogen-bond donors (Lipinski definition) is 4. The van der Waals surface area contributed by atoms with Crippen molar-refractivity contribution in [3.8, 4) is 0 Å². The van der Waals surface area contributed by atoms with Gasteiger partial charge in [0.05, 0.1) is 12.4 Å². The molecule has 1 aromatic carbocycles. The van der Waals surface area contributed by atoms with Crippen molar-refractivity contribution < 1.29 is 18.3 Å². The van der Waals surface area contributed by atoms with E-state index in [4.69, 9.17) is 11.1 Å². The van der Waals surface area contributed by atoms with Crippen molar-refractivity contribution in [2.24, 2.45) is 17.6 Å². The predicted molar refractivity (Wildman–Crippen MR) is 120 cm³/mol. The molecular formula is C22H34N4O4S. The van der Waals surface area contributed by atoms with Crippen LogP contribution in [0.4, 0.5) is 0 Å². The monoisotopic (exact) mass is 450 g/mol. The van der Waals surface area contributed by atoms with E-state index < -0.39 is 22.7 Å². The van der Waals surface area contributed by atoms with Crippen LogP contribution in [0, 0.1) is 17.2 Å². The van der Waals surface area contributed by atoms with Gasteiger partial charge in [-0.1, -0.05) is 37.6 Å². The molecule has 0 radical (unpaired) electrons. The Balaban J connectivity index is 1.56. The minimum Gasteiger partial charge on any atom is -0.394 e. The van der Waals surface area contributed by atoms with Crippen LogP contribution in [0.25, 0.3) is 0 Å². The normalized spacial score (nSPS) is 23.4. The van der Waals surface area contributed by atoms with E-state index >= 15 is 0 Å². The maximum absolute atomic E-state index is 13.0. The third-order valence-corrected chi connectivity index (χ3v) is 7.86. The Labute approximate surface area is 184 Å². The molecule has 0 aromatic heterocycles. The molecule has 2 fully saturated rings. The molecule has 1 saturated heterocycles. The number of nitrogens with two attached hydrogens (primary N) is 1. The molecule has 0 spiro atoms. The average molecular weight is 451 g/mol. The number of carbonyl (C=O) groups is 1. The molecule has 1 saturated carbocycles. The molecule has 3 unspecified atom stereocenters. The Kier molecular flexibility index (Phi) is 7.72. The lowest BCUT2D eigenvalue weighted by Gasteiger charge is -2.31. The van der Waals surface area contributed by atoms with Gasteiger partial charge in [0.2, 0.25) is 15.9 Å². The van der Waals surface area contributed by atoms with Crippen molar-refractivity contribution in [3.63, 3.8) is 0 Å². The minimum absolute atomic E-state index is 0.0373. The van der Waals surface area contributed by atoms with Crippen LogP contribution < -0.4 is 10.5 Å². The molecule has 2 aliphatic rings. The lowest BCUT2D eigenvalue weighted by atomic mass is 10.0. The Bertz CT molecular complexity index is 887. The van der Waals surface area contributed by atoms with Crippen LogP contribution in [0.3, 0.4) is 0 Å². The van der Waals surface area contributed by atoms with Crippen LogP contribution in [0.1, 0.15) is 50.2 Å². The lowest BCUT2D eigenvalue weighted by Crippen LogP contribution is -2.53. The van der Waals surface area contributed by atoms with Gasteiger partial charge >= 0.3 is 0 Å².